The first-order valence-electron chi connectivity index (χ1n) is 7.79. The molecule has 1 aliphatic rings. The van der Waals surface area contributed by atoms with Crippen molar-refractivity contribution in [3.05, 3.63) is 0 Å². The van der Waals surface area contributed by atoms with Crippen LogP contribution in [-0.2, 0) is 24.4 Å². The molecule has 1 rings (SSSR count). The molecule has 3 atom stereocenters. The van der Waals surface area contributed by atoms with Crippen LogP contribution in [0.4, 0.5) is 8.78 Å². The second kappa shape index (κ2) is 8.21. The third kappa shape index (κ3) is 7.10. The van der Waals surface area contributed by atoms with Gasteiger partial charge in [-0.15, -0.1) is 0 Å². The zero-order valence-electron chi connectivity index (χ0n) is 14.0. The van der Waals surface area contributed by atoms with Crippen LogP contribution in [-0.4, -0.2) is 59.0 Å². The highest BCUT2D eigenvalue weighted by molar-refractivity contribution is 7.86. The number of alkyl halides is 2. The molecule has 3 N–H and O–H groups in total. The molecule has 0 spiro atoms. The Bertz CT molecular complexity index is 558. The molecule has 0 saturated heterocycles. The van der Waals surface area contributed by atoms with E-state index in [0.717, 1.165) is 12.8 Å². The number of ether oxygens (including phenoxy) is 2. The van der Waals surface area contributed by atoms with Crippen molar-refractivity contribution < 1.29 is 46.2 Å². The minimum atomic E-state index is -5.93. The monoisotopic (exact) mass is 390 g/mol. The van der Waals surface area contributed by atoms with Gasteiger partial charge in [-0.1, -0.05) is 12.8 Å². The van der Waals surface area contributed by atoms with Gasteiger partial charge < -0.3 is 19.7 Å². The summed E-state index contributed by atoms with van der Waals surface area (Å²) in [6.45, 7) is 2.62. The average molecular weight is 390 g/mol. The van der Waals surface area contributed by atoms with Gasteiger partial charge in [0.15, 0.2) is 0 Å². The first kappa shape index (κ1) is 22.2. The van der Waals surface area contributed by atoms with Crippen LogP contribution in [0.15, 0.2) is 0 Å². The van der Waals surface area contributed by atoms with E-state index >= 15 is 0 Å². The second-order valence-corrected chi connectivity index (χ2v) is 8.36. The number of hydrogen-bond acceptors (Lipinski definition) is 7. The predicted molar refractivity (Wildman–Crippen MR) is 81.2 cm³/mol. The van der Waals surface area contributed by atoms with Crippen molar-refractivity contribution in [2.45, 2.75) is 69.2 Å². The van der Waals surface area contributed by atoms with E-state index in [1.807, 2.05) is 0 Å². The van der Waals surface area contributed by atoms with Gasteiger partial charge in [0.1, 0.15) is 6.61 Å². The number of halogens is 2. The van der Waals surface area contributed by atoms with Crippen LogP contribution in [0.1, 0.15) is 46.0 Å². The summed E-state index contributed by atoms with van der Waals surface area (Å²) >= 11 is 0. The molecule has 11 heteroatoms. The van der Waals surface area contributed by atoms with Crippen molar-refractivity contribution in [3.63, 3.8) is 0 Å². The smallest absolute Gasteiger partial charge is 0.426 e. The van der Waals surface area contributed by atoms with Crippen LogP contribution in [0.5, 0.6) is 0 Å². The van der Waals surface area contributed by atoms with Gasteiger partial charge in [0.2, 0.25) is 0 Å². The molecule has 0 aromatic heterocycles. The molecule has 0 aromatic carbocycles. The van der Waals surface area contributed by atoms with E-state index in [-0.39, 0.29) is 12.0 Å². The molecule has 25 heavy (non-hydrogen) atoms. The first-order chi connectivity index (χ1) is 11.2. The summed E-state index contributed by atoms with van der Waals surface area (Å²) in [5, 5.41) is 13.8. The number of aliphatic hydroxyl groups excluding tert-OH is 1. The standard InChI is InChI=1S/C14H24F2O8S/c1-13(2,19)7-9-4-3-5-10(6-9)23-8-11(17)24-12(18)14(15,16)25(20,21)22/h9-10,12,18-19H,3-8H2,1-2H3,(H,20,21,22). The molecule has 1 fully saturated rings. The quantitative estimate of drug-likeness (QED) is 0.319. The Balaban J connectivity index is 2.46. The largest absolute Gasteiger partial charge is 0.430 e. The fourth-order valence-electron chi connectivity index (χ4n) is 2.83. The third-order valence-corrected chi connectivity index (χ3v) is 4.72. The summed E-state index contributed by atoms with van der Waals surface area (Å²) in [6.07, 6.45) is -0.213. The maximum absolute atomic E-state index is 13.1. The van der Waals surface area contributed by atoms with Crippen molar-refractivity contribution in [3.8, 4) is 0 Å². The van der Waals surface area contributed by atoms with Crippen molar-refractivity contribution in [2.75, 3.05) is 6.61 Å². The molecule has 1 saturated carbocycles. The van der Waals surface area contributed by atoms with Crippen LogP contribution in [0.2, 0.25) is 0 Å². The van der Waals surface area contributed by atoms with Crippen molar-refractivity contribution in [1.82, 2.24) is 0 Å². The fourth-order valence-corrected chi connectivity index (χ4v) is 3.13. The van der Waals surface area contributed by atoms with Gasteiger partial charge in [-0.2, -0.15) is 17.2 Å². The summed E-state index contributed by atoms with van der Waals surface area (Å²) in [6, 6.07) is 0. The highest BCUT2D eigenvalue weighted by Gasteiger charge is 2.54. The fraction of sp³-hybridized carbons (Fsp3) is 0.929. The van der Waals surface area contributed by atoms with Crippen LogP contribution in [0.25, 0.3) is 0 Å². The van der Waals surface area contributed by atoms with Crippen molar-refractivity contribution in [2.24, 2.45) is 5.92 Å². The maximum atomic E-state index is 13.1. The van der Waals surface area contributed by atoms with Gasteiger partial charge >= 0.3 is 21.3 Å². The van der Waals surface area contributed by atoms with Crippen molar-refractivity contribution in [1.29, 1.82) is 0 Å². The number of carbonyl (C=O) groups is 1. The zero-order valence-corrected chi connectivity index (χ0v) is 14.8. The Morgan fingerprint density at radius 1 is 1.32 bits per heavy atom. The lowest BCUT2D eigenvalue weighted by molar-refractivity contribution is -0.210. The van der Waals surface area contributed by atoms with Crippen LogP contribution >= 0.6 is 0 Å². The number of esters is 1. The minimum absolute atomic E-state index is 0.184. The van der Waals surface area contributed by atoms with Gasteiger partial charge in [0.25, 0.3) is 6.29 Å². The summed E-state index contributed by atoms with van der Waals surface area (Å²) < 4.78 is 64.5. The lowest BCUT2D eigenvalue weighted by Crippen LogP contribution is -2.44. The molecule has 148 valence electrons. The molecule has 3 unspecified atom stereocenters. The van der Waals surface area contributed by atoms with E-state index in [4.69, 9.17) is 14.4 Å². The molecule has 0 heterocycles. The Morgan fingerprint density at radius 3 is 2.44 bits per heavy atom. The number of carbonyl (C=O) groups excluding carboxylic acids is 1. The molecular weight excluding hydrogens is 366 g/mol. The van der Waals surface area contributed by atoms with E-state index in [1.165, 1.54) is 0 Å². The van der Waals surface area contributed by atoms with Gasteiger partial charge in [-0.05, 0) is 39.0 Å². The first-order valence-corrected chi connectivity index (χ1v) is 9.23. The Labute approximate surface area is 144 Å². The van der Waals surface area contributed by atoms with E-state index in [9.17, 15) is 27.1 Å². The Kier molecular flexibility index (Phi) is 7.28. The summed E-state index contributed by atoms with van der Waals surface area (Å²) in [4.78, 5) is 11.4. The Hall–Kier alpha value is -0.880. The summed E-state index contributed by atoms with van der Waals surface area (Å²) in [5.74, 6) is -1.20. The van der Waals surface area contributed by atoms with Gasteiger partial charge in [0, 0.05) is 0 Å². The molecule has 0 bridgehead atoms. The van der Waals surface area contributed by atoms with Gasteiger partial charge in [0.05, 0.1) is 11.7 Å². The molecule has 8 nitrogen and oxygen atoms in total. The third-order valence-electron chi connectivity index (χ3n) is 3.83. The van der Waals surface area contributed by atoms with Crippen LogP contribution in [0.3, 0.4) is 0 Å². The van der Waals surface area contributed by atoms with Crippen LogP contribution < -0.4 is 0 Å². The molecule has 1 aliphatic carbocycles. The van der Waals surface area contributed by atoms with E-state index < -0.39 is 39.8 Å². The normalized spacial score (nSPS) is 24.0. The molecule has 0 aromatic rings. The number of rotatable bonds is 8. The molecule has 0 amide bonds. The van der Waals surface area contributed by atoms with Gasteiger partial charge in [-0.3, -0.25) is 4.55 Å². The minimum Gasteiger partial charge on any atom is -0.426 e. The van der Waals surface area contributed by atoms with Crippen molar-refractivity contribution >= 4 is 16.1 Å². The summed E-state index contributed by atoms with van der Waals surface area (Å²) in [5.41, 5.74) is -0.836. The molecule has 0 aliphatic heterocycles. The second-order valence-electron chi connectivity index (χ2n) is 6.86. The molecule has 0 radical (unpaired) electrons. The lowest BCUT2D eigenvalue weighted by Gasteiger charge is -2.32. The van der Waals surface area contributed by atoms with E-state index in [0.29, 0.717) is 19.3 Å². The summed E-state index contributed by atoms with van der Waals surface area (Å²) in [7, 11) is -5.93. The topological polar surface area (TPSA) is 130 Å². The SMILES string of the molecule is CC(C)(O)CC1CCCC(OCC(=O)OC(O)C(F)(F)S(=O)(=O)O)C1. The highest BCUT2D eigenvalue weighted by Crippen LogP contribution is 2.32. The highest BCUT2D eigenvalue weighted by atomic mass is 32.2. The lowest BCUT2D eigenvalue weighted by atomic mass is 9.81. The average Bonchev–Trinajstić information content (AvgIpc) is 2.42. The molecular formula is C14H24F2O8S. The van der Waals surface area contributed by atoms with E-state index in [1.54, 1.807) is 13.8 Å². The maximum Gasteiger partial charge on any atom is 0.430 e. The van der Waals surface area contributed by atoms with Gasteiger partial charge in [-0.25, -0.2) is 4.79 Å². The van der Waals surface area contributed by atoms with Crippen LogP contribution in [0, 0.1) is 5.92 Å². The number of hydrogen-bond donors (Lipinski definition) is 3. The Morgan fingerprint density at radius 2 is 1.92 bits per heavy atom. The predicted octanol–water partition coefficient (Wildman–Crippen LogP) is 1.07. The number of aliphatic hydroxyl groups is 2. The van der Waals surface area contributed by atoms with E-state index in [2.05, 4.69) is 4.74 Å². The zero-order chi connectivity index (χ0) is 19.5.